The SMILES string of the molecule is CCCOc1nc(Cl)nc(N(CC)Cc2cccs2)n1. The maximum absolute atomic E-state index is 5.95. The van der Waals surface area contributed by atoms with Crippen molar-refractivity contribution >= 4 is 28.9 Å². The van der Waals surface area contributed by atoms with E-state index in [0.29, 0.717) is 12.6 Å². The Kier molecular flexibility index (Phi) is 5.55. The van der Waals surface area contributed by atoms with E-state index >= 15 is 0 Å². The lowest BCUT2D eigenvalue weighted by atomic mass is 10.4. The van der Waals surface area contributed by atoms with Crippen molar-refractivity contribution in [2.75, 3.05) is 18.1 Å². The summed E-state index contributed by atoms with van der Waals surface area (Å²) in [6.07, 6.45) is 0.894. The standard InChI is InChI=1S/C13H17ClN4OS/c1-3-7-19-13-16-11(14)15-12(17-13)18(4-2)9-10-6-5-8-20-10/h5-6,8H,3-4,7,9H2,1-2H3. The molecule has 0 atom stereocenters. The summed E-state index contributed by atoms with van der Waals surface area (Å²) in [4.78, 5) is 15.8. The van der Waals surface area contributed by atoms with Crippen molar-refractivity contribution in [2.24, 2.45) is 0 Å². The second-order valence-corrected chi connectivity index (χ2v) is 5.50. The van der Waals surface area contributed by atoms with Crippen molar-refractivity contribution in [3.05, 3.63) is 27.7 Å². The van der Waals surface area contributed by atoms with Crippen LogP contribution in [-0.2, 0) is 6.54 Å². The third kappa shape index (κ3) is 4.05. The zero-order chi connectivity index (χ0) is 14.4. The van der Waals surface area contributed by atoms with Gasteiger partial charge in [0.1, 0.15) is 0 Å². The molecule has 0 aliphatic carbocycles. The molecule has 0 radical (unpaired) electrons. The molecule has 108 valence electrons. The molecule has 0 aliphatic heterocycles. The number of hydrogen-bond donors (Lipinski definition) is 0. The maximum Gasteiger partial charge on any atom is 0.322 e. The van der Waals surface area contributed by atoms with Gasteiger partial charge in [0.05, 0.1) is 13.2 Å². The zero-order valence-corrected chi connectivity index (χ0v) is 13.1. The molecule has 2 aromatic heterocycles. The van der Waals surface area contributed by atoms with Crippen molar-refractivity contribution in [3.63, 3.8) is 0 Å². The van der Waals surface area contributed by atoms with Gasteiger partial charge in [-0.1, -0.05) is 13.0 Å². The first kappa shape index (κ1) is 15.0. The Morgan fingerprint density at radius 1 is 1.30 bits per heavy atom. The third-order valence-corrected chi connectivity index (χ3v) is 3.63. The molecule has 0 aromatic carbocycles. The lowest BCUT2D eigenvalue weighted by Gasteiger charge is -2.20. The van der Waals surface area contributed by atoms with E-state index < -0.39 is 0 Å². The van der Waals surface area contributed by atoms with Gasteiger partial charge in [0.15, 0.2) is 0 Å². The molecule has 0 unspecified atom stereocenters. The number of hydrogen-bond acceptors (Lipinski definition) is 6. The van der Waals surface area contributed by atoms with Crippen LogP contribution in [0.2, 0.25) is 5.28 Å². The number of rotatable bonds is 7. The van der Waals surface area contributed by atoms with Crippen molar-refractivity contribution in [3.8, 4) is 6.01 Å². The minimum atomic E-state index is 0.158. The van der Waals surface area contributed by atoms with Crippen LogP contribution in [0.4, 0.5) is 5.95 Å². The second-order valence-electron chi connectivity index (χ2n) is 4.13. The minimum absolute atomic E-state index is 0.158. The van der Waals surface area contributed by atoms with Gasteiger partial charge in [-0.05, 0) is 36.4 Å². The van der Waals surface area contributed by atoms with Gasteiger partial charge in [0.2, 0.25) is 11.2 Å². The fourth-order valence-electron chi connectivity index (χ4n) is 1.64. The fourth-order valence-corrected chi connectivity index (χ4v) is 2.50. The Balaban J connectivity index is 2.17. The Morgan fingerprint density at radius 3 is 2.80 bits per heavy atom. The Bertz CT molecular complexity index is 535. The highest BCUT2D eigenvalue weighted by Crippen LogP contribution is 2.19. The number of ether oxygens (including phenoxy) is 1. The van der Waals surface area contributed by atoms with Crippen LogP contribution in [0.5, 0.6) is 6.01 Å². The molecule has 0 N–H and O–H groups in total. The van der Waals surface area contributed by atoms with Crippen LogP contribution in [0.1, 0.15) is 25.1 Å². The summed E-state index contributed by atoms with van der Waals surface area (Å²) in [5.41, 5.74) is 0. The quantitative estimate of drug-likeness (QED) is 0.784. The van der Waals surface area contributed by atoms with Gasteiger partial charge in [0, 0.05) is 11.4 Å². The normalized spacial score (nSPS) is 10.6. The van der Waals surface area contributed by atoms with Crippen molar-refractivity contribution in [1.29, 1.82) is 0 Å². The second kappa shape index (κ2) is 7.40. The molecule has 20 heavy (non-hydrogen) atoms. The van der Waals surface area contributed by atoms with E-state index in [-0.39, 0.29) is 11.3 Å². The molecule has 0 bridgehead atoms. The van der Waals surface area contributed by atoms with E-state index in [1.165, 1.54) is 4.88 Å². The molecule has 2 heterocycles. The van der Waals surface area contributed by atoms with Crippen LogP contribution in [0, 0.1) is 0 Å². The summed E-state index contributed by atoms with van der Waals surface area (Å²) in [6, 6.07) is 4.40. The van der Waals surface area contributed by atoms with E-state index in [1.54, 1.807) is 11.3 Å². The van der Waals surface area contributed by atoms with E-state index in [0.717, 1.165) is 19.5 Å². The fraction of sp³-hybridized carbons (Fsp3) is 0.462. The first-order valence-corrected chi connectivity index (χ1v) is 7.80. The van der Waals surface area contributed by atoms with E-state index in [9.17, 15) is 0 Å². The molecular formula is C13H17ClN4OS. The average Bonchev–Trinajstić information content (AvgIpc) is 2.95. The van der Waals surface area contributed by atoms with Gasteiger partial charge in [0.25, 0.3) is 0 Å². The first-order valence-electron chi connectivity index (χ1n) is 6.54. The van der Waals surface area contributed by atoms with Crippen LogP contribution in [0.25, 0.3) is 0 Å². The molecule has 0 fully saturated rings. The van der Waals surface area contributed by atoms with Crippen LogP contribution in [0.3, 0.4) is 0 Å². The Hall–Kier alpha value is -1.40. The van der Waals surface area contributed by atoms with E-state index in [1.807, 2.05) is 17.9 Å². The van der Waals surface area contributed by atoms with Crippen LogP contribution in [0.15, 0.2) is 17.5 Å². The molecule has 0 saturated carbocycles. The van der Waals surface area contributed by atoms with E-state index in [2.05, 4.69) is 33.3 Å². The lowest BCUT2D eigenvalue weighted by Crippen LogP contribution is -2.24. The van der Waals surface area contributed by atoms with Crippen LogP contribution < -0.4 is 9.64 Å². The molecule has 0 amide bonds. The van der Waals surface area contributed by atoms with Gasteiger partial charge in [-0.3, -0.25) is 0 Å². The molecule has 0 spiro atoms. The summed E-state index contributed by atoms with van der Waals surface area (Å²) in [6.45, 7) is 6.18. The molecule has 2 aromatic rings. The number of halogens is 1. The van der Waals surface area contributed by atoms with Gasteiger partial charge in [-0.25, -0.2) is 0 Å². The highest BCUT2D eigenvalue weighted by atomic mass is 35.5. The molecule has 0 saturated heterocycles. The highest BCUT2D eigenvalue weighted by Gasteiger charge is 2.13. The Labute approximate surface area is 127 Å². The summed E-state index contributed by atoms with van der Waals surface area (Å²) >= 11 is 7.65. The lowest BCUT2D eigenvalue weighted by molar-refractivity contribution is 0.291. The monoisotopic (exact) mass is 312 g/mol. The van der Waals surface area contributed by atoms with E-state index in [4.69, 9.17) is 16.3 Å². The minimum Gasteiger partial charge on any atom is -0.463 e. The van der Waals surface area contributed by atoms with Crippen LogP contribution in [-0.4, -0.2) is 28.1 Å². The average molecular weight is 313 g/mol. The molecular weight excluding hydrogens is 296 g/mol. The number of nitrogens with zero attached hydrogens (tertiary/aromatic N) is 4. The molecule has 5 nitrogen and oxygen atoms in total. The first-order chi connectivity index (χ1) is 9.72. The topological polar surface area (TPSA) is 51.1 Å². The predicted octanol–water partition coefficient (Wildman–Crippen LogP) is 3.40. The van der Waals surface area contributed by atoms with Crippen molar-refractivity contribution in [1.82, 2.24) is 15.0 Å². The Morgan fingerprint density at radius 2 is 2.15 bits per heavy atom. The van der Waals surface area contributed by atoms with Gasteiger partial charge in [-0.2, -0.15) is 15.0 Å². The van der Waals surface area contributed by atoms with Gasteiger partial charge < -0.3 is 9.64 Å². The zero-order valence-electron chi connectivity index (χ0n) is 11.5. The number of anilines is 1. The van der Waals surface area contributed by atoms with Gasteiger partial charge in [-0.15, -0.1) is 11.3 Å². The molecule has 7 heteroatoms. The third-order valence-electron chi connectivity index (χ3n) is 2.60. The van der Waals surface area contributed by atoms with Crippen LogP contribution >= 0.6 is 22.9 Å². The summed E-state index contributed by atoms with van der Waals surface area (Å²) < 4.78 is 5.44. The van der Waals surface area contributed by atoms with Gasteiger partial charge >= 0.3 is 6.01 Å². The molecule has 0 aliphatic rings. The highest BCUT2D eigenvalue weighted by molar-refractivity contribution is 7.09. The number of aromatic nitrogens is 3. The smallest absolute Gasteiger partial charge is 0.322 e. The van der Waals surface area contributed by atoms with Crippen molar-refractivity contribution < 1.29 is 4.74 Å². The molecule has 2 rings (SSSR count). The summed E-state index contributed by atoms with van der Waals surface area (Å²) in [5, 5.41) is 2.21. The van der Waals surface area contributed by atoms with Crippen molar-refractivity contribution in [2.45, 2.75) is 26.8 Å². The predicted molar refractivity (Wildman–Crippen MR) is 81.7 cm³/mol. The number of thiophene rings is 1. The maximum atomic E-state index is 5.95. The largest absolute Gasteiger partial charge is 0.463 e. The summed E-state index contributed by atoms with van der Waals surface area (Å²) in [5.74, 6) is 0.548. The summed E-state index contributed by atoms with van der Waals surface area (Å²) in [7, 11) is 0.